The summed E-state index contributed by atoms with van der Waals surface area (Å²) in [5.74, 6) is 0. The van der Waals surface area contributed by atoms with E-state index in [9.17, 15) is 0 Å². The molecule has 0 saturated carbocycles. The highest BCUT2D eigenvalue weighted by Crippen LogP contribution is 2.05. The fraction of sp³-hybridized carbons (Fsp3) is 0.667. The number of hydrogen-bond acceptors (Lipinski definition) is 2. The molecule has 0 aromatic rings. The zero-order chi connectivity index (χ0) is 9.68. The van der Waals surface area contributed by atoms with E-state index in [0.29, 0.717) is 0 Å². The summed E-state index contributed by atoms with van der Waals surface area (Å²) in [6, 6.07) is 0. The predicted molar refractivity (Wildman–Crippen MR) is 57.9 cm³/mol. The molecule has 1 aliphatic heterocycles. The van der Waals surface area contributed by atoms with Crippen LogP contribution in [0.5, 0.6) is 0 Å². The molecule has 0 unspecified atom stereocenters. The first-order chi connectivity index (χ1) is 6.25. The topological polar surface area (TPSA) is 52.5 Å². The van der Waals surface area contributed by atoms with Crippen molar-refractivity contribution in [1.29, 1.82) is 5.41 Å². The van der Waals surface area contributed by atoms with Gasteiger partial charge in [0.1, 0.15) is 5.70 Å². The lowest BCUT2D eigenvalue weighted by atomic mass is 10.1. The van der Waals surface area contributed by atoms with Gasteiger partial charge in [-0.1, -0.05) is 6.92 Å². The van der Waals surface area contributed by atoms with Gasteiger partial charge in [-0.25, -0.2) is 0 Å². The standard InChI is InChI=1S/C9H16N3.Al.2H/c1-2-4-12-9-3-5-11-7-8(9)6-10;;;/h10-12H,2-5,7H2,1H3;;;/p+1. The van der Waals surface area contributed by atoms with Crippen molar-refractivity contribution < 1.29 is 5.32 Å². The first kappa shape index (κ1) is 10.9. The SMILES string of the molecule is CCC[NH2+]C1=C([C](=N)[AlH2])CNCC1. The highest BCUT2D eigenvalue weighted by Gasteiger charge is 2.15. The molecular formula is C9H19AlN3+. The fourth-order valence-electron chi connectivity index (χ4n) is 1.62. The average Bonchev–Trinajstić information content (AvgIpc) is 2.15. The Morgan fingerprint density at radius 1 is 1.69 bits per heavy atom. The third-order valence-corrected chi connectivity index (χ3v) is 3.00. The zero-order valence-electron chi connectivity index (χ0n) is 8.61. The van der Waals surface area contributed by atoms with E-state index in [1.165, 1.54) is 17.7 Å². The second kappa shape index (κ2) is 5.56. The first-order valence-electron chi connectivity index (χ1n) is 5.07. The molecule has 1 heterocycles. The lowest BCUT2D eigenvalue weighted by molar-refractivity contribution is -0.609. The highest BCUT2D eigenvalue weighted by atomic mass is 27.0. The van der Waals surface area contributed by atoms with Gasteiger partial charge in [0.15, 0.2) is 0 Å². The minimum Gasteiger partial charge on any atom is -0.324 e. The van der Waals surface area contributed by atoms with E-state index in [0.717, 1.165) is 46.9 Å². The Balaban J connectivity index is 2.65. The van der Waals surface area contributed by atoms with Gasteiger partial charge in [-0.15, -0.1) is 0 Å². The highest BCUT2D eigenvalue weighted by molar-refractivity contribution is 6.63. The zero-order valence-corrected chi connectivity index (χ0v) is 10.6. The molecule has 0 aromatic heterocycles. The van der Waals surface area contributed by atoms with Crippen molar-refractivity contribution in [2.75, 3.05) is 19.6 Å². The van der Waals surface area contributed by atoms with Crippen molar-refractivity contribution in [3.05, 3.63) is 11.3 Å². The Hall–Kier alpha value is -0.138. The quantitative estimate of drug-likeness (QED) is 0.385. The summed E-state index contributed by atoms with van der Waals surface area (Å²) in [6.07, 6.45) is 2.32. The van der Waals surface area contributed by atoms with Crippen LogP contribution >= 0.6 is 0 Å². The lowest BCUT2D eigenvalue weighted by Crippen LogP contribution is -2.83. The summed E-state index contributed by atoms with van der Waals surface area (Å²) in [7, 11) is 0. The molecule has 0 aromatic carbocycles. The Kier molecular flexibility index (Phi) is 4.68. The number of quaternary nitrogens is 1. The van der Waals surface area contributed by atoms with Gasteiger partial charge in [0.2, 0.25) is 0 Å². The van der Waals surface area contributed by atoms with Gasteiger partial charge in [0.25, 0.3) is 16.3 Å². The predicted octanol–water partition coefficient (Wildman–Crippen LogP) is -1.18. The van der Waals surface area contributed by atoms with Crippen molar-refractivity contribution in [1.82, 2.24) is 5.32 Å². The summed E-state index contributed by atoms with van der Waals surface area (Å²) in [4.78, 5) is 0. The summed E-state index contributed by atoms with van der Waals surface area (Å²) in [6.45, 7) is 5.35. The van der Waals surface area contributed by atoms with Gasteiger partial charge in [-0.05, 0) is 11.0 Å². The monoisotopic (exact) mass is 196 g/mol. The van der Waals surface area contributed by atoms with Crippen LogP contribution in [0, 0.1) is 5.41 Å². The van der Waals surface area contributed by atoms with Crippen molar-refractivity contribution in [3.8, 4) is 0 Å². The lowest BCUT2D eigenvalue weighted by Gasteiger charge is -2.18. The second-order valence-electron chi connectivity index (χ2n) is 3.55. The summed E-state index contributed by atoms with van der Waals surface area (Å²) in [5, 5.41) is 13.3. The number of hydrogen-bond donors (Lipinski definition) is 3. The van der Waals surface area contributed by atoms with E-state index in [-0.39, 0.29) is 0 Å². The molecule has 0 saturated heterocycles. The molecule has 72 valence electrons. The molecule has 0 spiro atoms. The Morgan fingerprint density at radius 3 is 3.08 bits per heavy atom. The van der Waals surface area contributed by atoms with Gasteiger partial charge in [0.05, 0.1) is 6.54 Å². The Bertz CT molecular complexity index is 223. The van der Waals surface area contributed by atoms with Crippen molar-refractivity contribution in [2.45, 2.75) is 19.8 Å². The van der Waals surface area contributed by atoms with Gasteiger partial charge in [-0.2, -0.15) is 0 Å². The van der Waals surface area contributed by atoms with Gasteiger partial charge >= 0.3 is 0 Å². The van der Waals surface area contributed by atoms with E-state index < -0.39 is 0 Å². The normalized spacial score (nSPS) is 17.6. The molecule has 0 atom stereocenters. The van der Waals surface area contributed by atoms with Crippen molar-refractivity contribution >= 4 is 20.9 Å². The van der Waals surface area contributed by atoms with Crippen LogP contribution in [-0.2, 0) is 0 Å². The van der Waals surface area contributed by atoms with E-state index in [2.05, 4.69) is 17.6 Å². The number of rotatable bonds is 4. The third-order valence-electron chi connectivity index (χ3n) is 2.39. The van der Waals surface area contributed by atoms with Crippen molar-refractivity contribution in [3.63, 3.8) is 0 Å². The van der Waals surface area contributed by atoms with Gasteiger partial charge < -0.3 is 16.0 Å². The van der Waals surface area contributed by atoms with Crippen LogP contribution in [0.2, 0.25) is 0 Å². The van der Waals surface area contributed by atoms with Crippen molar-refractivity contribution in [2.24, 2.45) is 0 Å². The molecule has 0 radical (unpaired) electrons. The van der Waals surface area contributed by atoms with Crippen LogP contribution in [0.15, 0.2) is 11.3 Å². The minimum atomic E-state index is 0.856. The van der Waals surface area contributed by atoms with Crippen LogP contribution in [0.3, 0.4) is 0 Å². The minimum absolute atomic E-state index is 0.856. The molecule has 4 heteroatoms. The molecular weight excluding hydrogens is 177 g/mol. The molecule has 0 amide bonds. The van der Waals surface area contributed by atoms with E-state index in [1.807, 2.05) is 0 Å². The Morgan fingerprint density at radius 2 is 2.46 bits per heavy atom. The van der Waals surface area contributed by atoms with Gasteiger partial charge in [0, 0.05) is 25.1 Å². The fourth-order valence-corrected chi connectivity index (χ4v) is 2.12. The van der Waals surface area contributed by atoms with Gasteiger partial charge in [-0.3, -0.25) is 0 Å². The van der Waals surface area contributed by atoms with Crippen LogP contribution in [0.4, 0.5) is 0 Å². The third kappa shape index (κ3) is 3.24. The molecule has 0 fully saturated rings. The van der Waals surface area contributed by atoms with E-state index in [4.69, 9.17) is 5.41 Å². The molecule has 3 nitrogen and oxygen atoms in total. The maximum absolute atomic E-state index is 7.70. The maximum Gasteiger partial charge on any atom is 0.289 e. The summed E-state index contributed by atoms with van der Waals surface area (Å²) in [5.41, 5.74) is 2.70. The molecule has 1 rings (SSSR count). The molecule has 13 heavy (non-hydrogen) atoms. The van der Waals surface area contributed by atoms with Crippen LogP contribution in [0.1, 0.15) is 19.8 Å². The number of nitrogens with one attached hydrogen (secondary N) is 2. The van der Waals surface area contributed by atoms with Crippen LogP contribution in [-0.4, -0.2) is 40.5 Å². The van der Waals surface area contributed by atoms with Crippen LogP contribution < -0.4 is 10.6 Å². The first-order valence-corrected chi connectivity index (χ1v) is 6.07. The number of nitrogens with two attached hydrogens (primary N) is 1. The largest absolute Gasteiger partial charge is 0.324 e. The smallest absolute Gasteiger partial charge is 0.289 e. The average molecular weight is 196 g/mol. The van der Waals surface area contributed by atoms with E-state index in [1.54, 1.807) is 0 Å². The van der Waals surface area contributed by atoms with E-state index >= 15 is 0 Å². The molecule has 0 bridgehead atoms. The molecule has 4 N–H and O–H groups in total. The second-order valence-corrected chi connectivity index (χ2v) is 4.55. The Labute approximate surface area is 87.9 Å². The summed E-state index contributed by atoms with van der Waals surface area (Å²) >= 11 is 0.872. The molecule has 1 aliphatic rings. The maximum atomic E-state index is 7.70. The summed E-state index contributed by atoms with van der Waals surface area (Å²) < 4.78 is 0.856. The van der Waals surface area contributed by atoms with Crippen LogP contribution in [0.25, 0.3) is 0 Å². The molecule has 0 aliphatic carbocycles.